The zero-order chi connectivity index (χ0) is 21.9. The molecule has 3 rings (SSSR count). The Morgan fingerprint density at radius 2 is 1.70 bits per heavy atom. The molecule has 0 unspecified atom stereocenters. The molecule has 0 bridgehead atoms. The van der Waals surface area contributed by atoms with E-state index in [9.17, 15) is 14.7 Å². The number of rotatable bonds is 5. The highest BCUT2D eigenvalue weighted by Gasteiger charge is 2.42. The first kappa shape index (κ1) is 21.8. The van der Waals surface area contributed by atoms with E-state index in [-0.39, 0.29) is 17.6 Å². The smallest absolute Gasteiger partial charge is 0.410 e. The second-order valence-electron chi connectivity index (χ2n) is 8.75. The second-order valence-corrected chi connectivity index (χ2v) is 8.75. The minimum absolute atomic E-state index is 0.140. The van der Waals surface area contributed by atoms with Gasteiger partial charge in [-0.1, -0.05) is 42.5 Å². The van der Waals surface area contributed by atoms with Gasteiger partial charge in [0.1, 0.15) is 5.60 Å². The molecule has 0 aromatic heterocycles. The van der Waals surface area contributed by atoms with Gasteiger partial charge in [0.25, 0.3) is 0 Å². The Kier molecular flexibility index (Phi) is 6.46. The molecule has 1 saturated heterocycles. The molecule has 1 fully saturated rings. The highest BCUT2D eigenvalue weighted by molar-refractivity contribution is 5.87. The Balaban J connectivity index is 1.84. The largest absolute Gasteiger partial charge is 0.478 e. The third-order valence-electron chi connectivity index (χ3n) is 5.33. The number of hydrogen-bond acceptors (Lipinski definition) is 4. The van der Waals surface area contributed by atoms with Crippen molar-refractivity contribution < 1.29 is 24.5 Å². The third kappa shape index (κ3) is 5.19. The number of amides is 1. The third-order valence-corrected chi connectivity index (χ3v) is 5.33. The van der Waals surface area contributed by atoms with E-state index in [2.05, 4.69) is 0 Å². The first-order valence-corrected chi connectivity index (χ1v) is 10.2. The van der Waals surface area contributed by atoms with Gasteiger partial charge in [-0.3, -0.25) is 4.90 Å². The molecule has 2 N–H and O–H groups in total. The Hall–Kier alpha value is -2.86. The van der Waals surface area contributed by atoms with Crippen LogP contribution in [-0.2, 0) is 11.2 Å². The first-order valence-electron chi connectivity index (χ1n) is 10.2. The Morgan fingerprint density at radius 1 is 1.07 bits per heavy atom. The fourth-order valence-corrected chi connectivity index (χ4v) is 3.95. The highest BCUT2D eigenvalue weighted by atomic mass is 16.6. The molecule has 6 heteroatoms. The molecule has 3 atom stereocenters. The topological polar surface area (TPSA) is 87.1 Å². The summed E-state index contributed by atoms with van der Waals surface area (Å²) in [6, 6.07) is 15.5. The predicted molar refractivity (Wildman–Crippen MR) is 113 cm³/mol. The minimum Gasteiger partial charge on any atom is -0.478 e. The van der Waals surface area contributed by atoms with Crippen LogP contribution >= 0.6 is 0 Å². The number of carboxylic acids is 1. The summed E-state index contributed by atoms with van der Waals surface area (Å²) < 4.78 is 5.65. The normalized spacial score (nSPS) is 20.1. The molecular formula is C24H29NO5. The van der Waals surface area contributed by atoms with Crippen LogP contribution in [0.5, 0.6) is 0 Å². The number of aromatic carboxylic acids is 1. The fraction of sp³-hybridized carbons (Fsp3) is 0.417. The Morgan fingerprint density at radius 3 is 2.27 bits per heavy atom. The summed E-state index contributed by atoms with van der Waals surface area (Å²) >= 11 is 0. The molecule has 1 heterocycles. The molecule has 0 spiro atoms. The van der Waals surface area contributed by atoms with E-state index in [0.29, 0.717) is 12.8 Å². The maximum absolute atomic E-state index is 13.1. The van der Waals surface area contributed by atoms with Crippen molar-refractivity contribution in [2.75, 3.05) is 0 Å². The maximum Gasteiger partial charge on any atom is 0.410 e. The lowest BCUT2D eigenvalue weighted by atomic mass is 10.0. The first-order chi connectivity index (χ1) is 14.2. The van der Waals surface area contributed by atoms with Crippen molar-refractivity contribution >= 4 is 12.1 Å². The van der Waals surface area contributed by atoms with Gasteiger partial charge in [0.05, 0.1) is 17.7 Å². The number of likely N-dealkylation sites (tertiary alicyclic amines) is 1. The lowest BCUT2D eigenvalue weighted by Gasteiger charge is -2.35. The zero-order valence-corrected chi connectivity index (χ0v) is 17.6. The molecular weight excluding hydrogens is 382 g/mol. The van der Waals surface area contributed by atoms with Gasteiger partial charge in [-0.2, -0.15) is 0 Å². The number of carbonyl (C=O) groups is 2. The summed E-state index contributed by atoms with van der Waals surface area (Å²) in [5.41, 5.74) is 1.29. The maximum atomic E-state index is 13.1. The van der Waals surface area contributed by atoms with Crippen molar-refractivity contribution in [3.63, 3.8) is 0 Å². The molecule has 1 aliphatic heterocycles. The molecule has 0 aliphatic carbocycles. The minimum atomic E-state index is -0.969. The number of hydrogen-bond donors (Lipinski definition) is 2. The van der Waals surface area contributed by atoms with Crippen LogP contribution in [0, 0.1) is 0 Å². The van der Waals surface area contributed by atoms with Crippen molar-refractivity contribution in [3.8, 4) is 0 Å². The Labute approximate surface area is 177 Å². The van der Waals surface area contributed by atoms with Crippen LogP contribution in [0.2, 0.25) is 0 Å². The summed E-state index contributed by atoms with van der Waals surface area (Å²) in [6.45, 7) is 5.47. The van der Waals surface area contributed by atoms with E-state index in [1.165, 1.54) is 0 Å². The summed E-state index contributed by atoms with van der Waals surface area (Å²) in [5, 5.41) is 20.1. The van der Waals surface area contributed by atoms with Gasteiger partial charge in [-0.25, -0.2) is 9.59 Å². The van der Waals surface area contributed by atoms with Crippen molar-refractivity contribution in [2.24, 2.45) is 0 Å². The van der Waals surface area contributed by atoms with Gasteiger partial charge in [-0.15, -0.1) is 0 Å². The van der Waals surface area contributed by atoms with E-state index >= 15 is 0 Å². The molecule has 0 saturated carbocycles. The van der Waals surface area contributed by atoms with Crippen molar-refractivity contribution in [1.82, 2.24) is 4.90 Å². The number of nitrogens with zero attached hydrogens (tertiary/aromatic N) is 1. The van der Waals surface area contributed by atoms with Crippen LogP contribution in [-0.4, -0.2) is 44.9 Å². The van der Waals surface area contributed by atoms with E-state index < -0.39 is 23.8 Å². The average molecular weight is 411 g/mol. The van der Waals surface area contributed by atoms with Crippen molar-refractivity contribution in [2.45, 2.75) is 63.8 Å². The van der Waals surface area contributed by atoms with Gasteiger partial charge in [-0.05, 0) is 63.3 Å². The second kappa shape index (κ2) is 8.88. The molecule has 1 amide bonds. The molecule has 0 radical (unpaired) electrons. The average Bonchev–Trinajstić information content (AvgIpc) is 3.11. The van der Waals surface area contributed by atoms with Gasteiger partial charge in [0.15, 0.2) is 0 Å². The van der Waals surface area contributed by atoms with Crippen LogP contribution in [0.25, 0.3) is 0 Å². The Bertz CT molecular complexity index is 873. The van der Waals surface area contributed by atoms with Crippen LogP contribution in [0.1, 0.15) is 61.2 Å². The highest BCUT2D eigenvalue weighted by Crippen LogP contribution is 2.35. The molecule has 6 nitrogen and oxygen atoms in total. The van der Waals surface area contributed by atoms with Crippen molar-refractivity contribution in [3.05, 3.63) is 71.3 Å². The van der Waals surface area contributed by atoms with Crippen LogP contribution in [0.3, 0.4) is 0 Å². The van der Waals surface area contributed by atoms with Crippen LogP contribution < -0.4 is 0 Å². The van der Waals surface area contributed by atoms with Gasteiger partial charge in [0, 0.05) is 6.04 Å². The number of ether oxygens (including phenoxy) is 1. The predicted octanol–water partition coefficient (Wildman–Crippen LogP) is 4.43. The number of benzene rings is 2. The van der Waals surface area contributed by atoms with E-state index in [1.54, 1.807) is 29.2 Å². The summed E-state index contributed by atoms with van der Waals surface area (Å²) in [6.07, 6.45) is 0.712. The van der Waals surface area contributed by atoms with E-state index in [4.69, 9.17) is 9.84 Å². The van der Waals surface area contributed by atoms with Gasteiger partial charge in [0.2, 0.25) is 0 Å². The molecule has 1 aliphatic rings. The quantitative estimate of drug-likeness (QED) is 0.760. The SMILES string of the molecule is CC(C)(C)OC(=O)N1[C@H](Cc2ccc(C(=O)O)cc2)CC[C@@H]1[C@H](O)c1ccccc1. The lowest BCUT2D eigenvalue weighted by Crippen LogP contribution is -2.47. The molecule has 30 heavy (non-hydrogen) atoms. The molecule has 2 aromatic carbocycles. The van der Waals surface area contributed by atoms with E-state index in [0.717, 1.165) is 17.5 Å². The fourth-order valence-electron chi connectivity index (χ4n) is 3.95. The number of carboxylic acid groups (broad SMARTS) is 1. The number of aliphatic hydroxyl groups is 1. The number of aliphatic hydroxyl groups excluding tert-OH is 1. The molecule has 160 valence electrons. The molecule has 2 aromatic rings. The number of carbonyl (C=O) groups excluding carboxylic acids is 1. The van der Waals surface area contributed by atoms with Gasteiger partial charge < -0.3 is 14.9 Å². The monoisotopic (exact) mass is 411 g/mol. The summed E-state index contributed by atoms with van der Waals surface area (Å²) in [5.74, 6) is -0.969. The summed E-state index contributed by atoms with van der Waals surface area (Å²) in [4.78, 5) is 25.8. The van der Waals surface area contributed by atoms with Crippen LogP contribution in [0.4, 0.5) is 4.79 Å². The van der Waals surface area contributed by atoms with Crippen LogP contribution in [0.15, 0.2) is 54.6 Å². The standard InChI is InChI=1S/C24H29NO5/c1-24(2,3)30-23(29)25-19(15-16-9-11-18(12-10-16)22(27)28)13-14-20(25)21(26)17-7-5-4-6-8-17/h4-12,19-21,26H,13-15H2,1-3H3,(H,27,28)/t19-,20+,21+/m0/s1. The van der Waals surface area contributed by atoms with E-state index in [1.807, 2.05) is 51.1 Å². The van der Waals surface area contributed by atoms with Crippen molar-refractivity contribution in [1.29, 1.82) is 0 Å². The zero-order valence-electron chi connectivity index (χ0n) is 17.6. The lowest BCUT2D eigenvalue weighted by molar-refractivity contribution is -0.00453. The van der Waals surface area contributed by atoms with Gasteiger partial charge >= 0.3 is 12.1 Å². The summed E-state index contributed by atoms with van der Waals surface area (Å²) in [7, 11) is 0.